The van der Waals surface area contributed by atoms with Crippen LogP contribution in [0.15, 0.2) is 36.4 Å². The predicted molar refractivity (Wildman–Crippen MR) is 97.3 cm³/mol. The zero-order valence-electron chi connectivity index (χ0n) is 14.8. The fraction of sp³-hybridized carbons (Fsp3) is 0.400. The highest BCUT2D eigenvalue weighted by molar-refractivity contribution is 5.43. The van der Waals surface area contributed by atoms with E-state index < -0.39 is 0 Å². The minimum Gasteiger partial charge on any atom is -0.490 e. The van der Waals surface area contributed by atoms with E-state index >= 15 is 0 Å². The van der Waals surface area contributed by atoms with E-state index in [0.29, 0.717) is 26.4 Å². The van der Waals surface area contributed by atoms with Crippen LogP contribution in [0.25, 0.3) is 0 Å². The van der Waals surface area contributed by atoms with Crippen LogP contribution in [0.2, 0.25) is 0 Å². The van der Waals surface area contributed by atoms with E-state index in [1.807, 2.05) is 57.2 Å². The highest BCUT2D eigenvalue weighted by Crippen LogP contribution is 2.29. The molecule has 0 fully saturated rings. The fourth-order valence-electron chi connectivity index (χ4n) is 2.58. The molecule has 0 amide bonds. The van der Waals surface area contributed by atoms with Gasteiger partial charge in [0.15, 0.2) is 11.5 Å². The van der Waals surface area contributed by atoms with E-state index in [2.05, 4.69) is 0 Å². The van der Waals surface area contributed by atoms with Crippen molar-refractivity contribution >= 4 is 0 Å². The molecule has 2 rings (SSSR count). The van der Waals surface area contributed by atoms with Crippen molar-refractivity contribution in [2.75, 3.05) is 26.4 Å². The summed E-state index contributed by atoms with van der Waals surface area (Å²) in [6, 6.07) is 12.1. The van der Waals surface area contributed by atoms with Crippen molar-refractivity contribution in [3.63, 3.8) is 0 Å². The molecule has 0 radical (unpaired) electrons. The van der Waals surface area contributed by atoms with Gasteiger partial charge >= 0.3 is 0 Å². The van der Waals surface area contributed by atoms with E-state index in [0.717, 1.165) is 40.4 Å². The van der Waals surface area contributed by atoms with Gasteiger partial charge in [0.25, 0.3) is 0 Å². The average Bonchev–Trinajstić information content (AvgIpc) is 2.56. The van der Waals surface area contributed by atoms with Crippen molar-refractivity contribution < 1.29 is 14.2 Å². The zero-order chi connectivity index (χ0) is 17.4. The van der Waals surface area contributed by atoms with E-state index in [1.165, 1.54) is 0 Å². The lowest BCUT2D eigenvalue weighted by molar-refractivity contribution is 0.207. The molecule has 0 heterocycles. The van der Waals surface area contributed by atoms with Crippen LogP contribution in [-0.4, -0.2) is 26.4 Å². The number of ether oxygens (including phenoxy) is 3. The Morgan fingerprint density at radius 2 is 1.58 bits per heavy atom. The Hall–Kier alpha value is -2.20. The molecule has 2 aromatic carbocycles. The summed E-state index contributed by atoms with van der Waals surface area (Å²) in [5.41, 5.74) is 9.04. The van der Waals surface area contributed by atoms with Gasteiger partial charge in [-0.3, -0.25) is 0 Å². The molecule has 2 aromatic rings. The van der Waals surface area contributed by atoms with Gasteiger partial charge in [0.05, 0.1) is 6.61 Å². The van der Waals surface area contributed by atoms with Crippen molar-refractivity contribution in [1.29, 1.82) is 0 Å². The number of rotatable bonds is 9. The SMILES string of the molecule is CCOc1cc(CCN)ccc1OCCOc1c(C)cccc1C. The van der Waals surface area contributed by atoms with Gasteiger partial charge in [0, 0.05) is 0 Å². The molecular weight excluding hydrogens is 302 g/mol. The van der Waals surface area contributed by atoms with Crippen molar-refractivity contribution in [3.8, 4) is 17.2 Å². The molecule has 0 unspecified atom stereocenters. The van der Waals surface area contributed by atoms with Crippen molar-refractivity contribution in [2.45, 2.75) is 27.2 Å². The normalized spacial score (nSPS) is 10.5. The Morgan fingerprint density at radius 1 is 0.875 bits per heavy atom. The molecule has 130 valence electrons. The monoisotopic (exact) mass is 329 g/mol. The molecule has 0 aliphatic rings. The zero-order valence-corrected chi connectivity index (χ0v) is 14.8. The number of aryl methyl sites for hydroxylation is 2. The first-order valence-corrected chi connectivity index (χ1v) is 8.43. The van der Waals surface area contributed by atoms with Gasteiger partial charge < -0.3 is 19.9 Å². The summed E-state index contributed by atoms with van der Waals surface area (Å²) >= 11 is 0. The third-order valence-electron chi connectivity index (χ3n) is 3.74. The van der Waals surface area contributed by atoms with Crippen LogP contribution < -0.4 is 19.9 Å². The molecule has 0 spiro atoms. The highest BCUT2D eigenvalue weighted by Gasteiger charge is 2.07. The summed E-state index contributed by atoms with van der Waals surface area (Å²) in [6.07, 6.45) is 0.829. The quantitative estimate of drug-likeness (QED) is 0.713. The van der Waals surface area contributed by atoms with Crippen LogP contribution in [0.1, 0.15) is 23.6 Å². The molecule has 0 aliphatic heterocycles. The van der Waals surface area contributed by atoms with Crippen molar-refractivity contribution in [3.05, 3.63) is 53.1 Å². The van der Waals surface area contributed by atoms with Crippen LogP contribution in [0.5, 0.6) is 17.2 Å². The molecule has 0 bridgehead atoms. The summed E-state index contributed by atoms with van der Waals surface area (Å²) in [5.74, 6) is 2.43. The minimum atomic E-state index is 0.462. The Kier molecular flexibility index (Phi) is 6.94. The summed E-state index contributed by atoms with van der Waals surface area (Å²) < 4.78 is 17.4. The maximum atomic E-state index is 5.87. The summed E-state index contributed by atoms with van der Waals surface area (Å²) in [7, 11) is 0. The standard InChI is InChI=1S/C20H27NO3/c1-4-22-19-14-17(10-11-21)8-9-18(19)23-12-13-24-20-15(2)6-5-7-16(20)3/h5-9,14H,4,10-13,21H2,1-3H3. The Morgan fingerprint density at radius 3 is 2.25 bits per heavy atom. The van der Waals surface area contributed by atoms with Gasteiger partial charge in [-0.05, 0) is 62.6 Å². The second-order valence-electron chi connectivity index (χ2n) is 5.67. The van der Waals surface area contributed by atoms with E-state index in [1.54, 1.807) is 0 Å². The van der Waals surface area contributed by atoms with Crippen LogP contribution in [0.4, 0.5) is 0 Å². The Bertz CT molecular complexity index is 635. The first-order valence-electron chi connectivity index (χ1n) is 8.43. The van der Waals surface area contributed by atoms with Gasteiger partial charge in [0.2, 0.25) is 0 Å². The lowest BCUT2D eigenvalue weighted by Crippen LogP contribution is -2.11. The summed E-state index contributed by atoms with van der Waals surface area (Å²) in [5, 5.41) is 0. The van der Waals surface area contributed by atoms with Crippen LogP contribution in [0.3, 0.4) is 0 Å². The summed E-state index contributed by atoms with van der Waals surface area (Å²) in [4.78, 5) is 0. The second kappa shape index (κ2) is 9.18. The van der Waals surface area contributed by atoms with Gasteiger partial charge in [-0.2, -0.15) is 0 Å². The molecule has 0 saturated heterocycles. The highest BCUT2D eigenvalue weighted by atomic mass is 16.5. The Balaban J connectivity index is 1.94. The number of benzene rings is 2. The van der Waals surface area contributed by atoms with Gasteiger partial charge in [-0.15, -0.1) is 0 Å². The number of hydrogen-bond donors (Lipinski definition) is 1. The molecule has 24 heavy (non-hydrogen) atoms. The van der Waals surface area contributed by atoms with Crippen molar-refractivity contribution in [1.82, 2.24) is 0 Å². The third kappa shape index (κ3) is 4.90. The molecule has 4 nitrogen and oxygen atoms in total. The average molecular weight is 329 g/mol. The number of hydrogen-bond acceptors (Lipinski definition) is 4. The molecule has 0 saturated carbocycles. The fourth-order valence-corrected chi connectivity index (χ4v) is 2.58. The maximum Gasteiger partial charge on any atom is 0.161 e. The molecule has 0 aromatic heterocycles. The Labute approximate surface area is 144 Å². The maximum absolute atomic E-state index is 5.87. The first kappa shape index (κ1) is 18.1. The lowest BCUT2D eigenvalue weighted by atomic mass is 10.1. The molecule has 0 aliphatic carbocycles. The smallest absolute Gasteiger partial charge is 0.161 e. The van der Waals surface area contributed by atoms with Gasteiger partial charge in [-0.25, -0.2) is 0 Å². The van der Waals surface area contributed by atoms with Gasteiger partial charge in [-0.1, -0.05) is 24.3 Å². The predicted octanol–water partition coefficient (Wildman–Crippen LogP) is 3.66. The molecule has 0 atom stereocenters. The van der Waals surface area contributed by atoms with E-state index in [9.17, 15) is 0 Å². The van der Waals surface area contributed by atoms with Crippen LogP contribution in [-0.2, 0) is 6.42 Å². The lowest BCUT2D eigenvalue weighted by Gasteiger charge is -2.15. The molecular formula is C20H27NO3. The number of nitrogens with two attached hydrogens (primary N) is 1. The third-order valence-corrected chi connectivity index (χ3v) is 3.74. The van der Waals surface area contributed by atoms with E-state index in [-0.39, 0.29) is 0 Å². The summed E-state index contributed by atoms with van der Waals surface area (Å²) in [6.45, 7) is 8.23. The molecule has 2 N–H and O–H groups in total. The van der Waals surface area contributed by atoms with E-state index in [4.69, 9.17) is 19.9 Å². The minimum absolute atomic E-state index is 0.462. The second-order valence-corrected chi connectivity index (χ2v) is 5.67. The first-order chi connectivity index (χ1) is 11.7. The molecule has 4 heteroatoms. The largest absolute Gasteiger partial charge is 0.490 e. The number of para-hydroxylation sites is 1. The van der Waals surface area contributed by atoms with Gasteiger partial charge in [0.1, 0.15) is 19.0 Å². The topological polar surface area (TPSA) is 53.7 Å². The van der Waals surface area contributed by atoms with Crippen molar-refractivity contribution in [2.24, 2.45) is 5.73 Å². The van der Waals surface area contributed by atoms with Crippen LogP contribution >= 0.6 is 0 Å². The van der Waals surface area contributed by atoms with Crippen LogP contribution in [0, 0.1) is 13.8 Å².